The smallest absolute Gasteiger partial charge is 0.308 e. The number of aldehydes is 1. The Morgan fingerprint density at radius 3 is 1.33 bits per heavy atom. The minimum absolute atomic E-state index is 0.00992. The van der Waals surface area contributed by atoms with E-state index in [1.54, 1.807) is 0 Å². The summed E-state index contributed by atoms with van der Waals surface area (Å²) in [6.07, 6.45) is -0.271. The summed E-state index contributed by atoms with van der Waals surface area (Å²) in [6.45, 7) is 35.3. The molecule has 0 bridgehead atoms. The summed E-state index contributed by atoms with van der Waals surface area (Å²) in [5.41, 5.74) is 0. The van der Waals surface area contributed by atoms with Crippen LogP contribution in [0.4, 0.5) is 0 Å². The molecule has 0 radical (unpaired) electrons. The van der Waals surface area contributed by atoms with E-state index < -0.39 is 45.0 Å². The van der Waals surface area contributed by atoms with Crippen molar-refractivity contribution >= 4 is 51.0 Å². The molecule has 0 aromatic carbocycles. The van der Waals surface area contributed by atoms with Crippen LogP contribution in [0.2, 0.25) is 87.6 Å². The summed E-state index contributed by atoms with van der Waals surface area (Å²) in [5, 5.41) is 9.52. The van der Waals surface area contributed by atoms with Gasteiger partial charge in [0.1, 0.15) is 12.4 Å². The topological polar surface area (TPSA) is 108 Å². The van der Waals surface area contributed by atoms with Gasteiger partial charge in [-0.05, 0) is 48.4 Å². The fourth-order valence-corrected chi connectivity index (χ4v) is 6.84. The van der Waals surface area contributed by atoms with Gasteiger partial charge in [0.05, 0.1) is 38.8 Å². The number of hydrogen-bond donors (Lipinski definition) is 1. The third-order valence-electron chi connectivity index (χ3n) is 7.87. The van der Waals surface area contributed by atoms with Gasteiger partial charge in [0.2, 0.25) is 0 Å². The van der Waals surface area contributed by atoms with Gasteiger partial charge in [0.15, 0.2) is 16.6 Å². The van der Waals surface area contributed by atoms with Gasteiger partial charge in [-0.1, -0.05) is 80.8 Å². The van der Waals surface area contributed by atoms with Crippen LogP contribution in [0.1, 0.15) is 54.4 Å². The Labute approximate surface area is 262 Å². The summed E-state index contributed by atoms with van der Waals surface area (Å²) >= 11 is 0. The Morgan fingerprint density at radius 2 is 1.02 bits per heavy atom. The fraction of sp³-hybridized carbons (Fsp3) is 0.900. The second-order valence-electron chi connectivity index (χ2n) is 16.7. The van der Waals surface area contributed by atoms with Crippen LogP contribution in [0.3, 0.4) is 0 Å². The Kier molecular flexibility index (Phi) is 18.4. The molecule has 0 saturated heterocycles. The summed E-state index contributed by atoms with van der Waals surface area (Å²) in [5.74, 6) is -0.616. The van der Waals surface area contributed by atoms with Crippen LogP contribution >= 0.6 is 0 Å². The largest absolute Gasteiger partial charge is 0.466 e. The molecule has 250 valence electrons. The van der Waals surface area contributed by atoms with Crippen LogP contribution < -0.4 is 0 Å². The monoisotopic (exact) mass is 666 g/mol. The number of rotatable bonds is 16. The van der Waals surface area contributed by atoms with Gasteiger partial charge in [-0.25, -0.2) is 0 Å². The highest BCUT2D eigenvalue weighted by Crippen LogP contribution is 2.38. The number of esters is 2. The molecule has 0 fully saturated rings. The molecule has 0 heterocycles. The molecule has 0 amide bonds. The number of hydrogen-bond acceptors (Lipinski definition) is 8. The van der Waals surface area contributed by atoms with Gasteiger partial charge in [-0.2, -0.15) is 0 Å². The van der Waals surface area contributed by atoms with E-state index in [0.717, 1.165) is 18.4 Å². The lowest BCUT2D eigenvalue weighted by Gasteiger charge is -2.38. The van der Waals surface area contributed by atoms with Crippen LogP contribution in [0.25, 0.3) is 0 Å². The number of ether oxygens (including phenoxy) is 2. The Hall–Kier alpha value is -0.642. The molecule has 2 atom stereocenters. The lowest BCUT2D eigenvalue weighted by molar-refractivity contribution is -0.146. The van der Waals surface area contributed by atoms with E-state index in [-0.39, 0.29) is 41.5 Å². The van der Waals surface area contributed by atoms with Crippen LogP contribution in [0.5, 0.6) is 0 Å². The quantitative estimate of drug-likeness (QED) is 0.103. The second-order valence-corrected chi connectivity index (χ2v) is 37.5. The maximum Gasteiger partial charge on any atom is 0.308 e. The summed E-state index contributed by atoms with van der Waals surface area (Å²) in [7, 11) is -6.42. The van der Waals surface area contributed by atoms with E-state index in [0.29, 0.717) is 13.2 Å². The van der Waals surface area contributed by atoms with Gasteiger partial charge in [-0.15, -0.1) is 0 Å². The number of carbonyl (C=O) groups excluding carboxylic acids is 3. The Bertz CT molecular complexity index is 819. The van der Waals surface area contributed by atoms with E-state index in [2.05, 4.69) is 107 Å². The highest BCUT2D eigenvalue weighted by molar-refractivity contribution is 6.76. The third-order valence-corrected chi connectivity index (χ3v) is 20.3. The first-order valence-electron chi connectivity index (χ1n) is 15.3. The molecular formula is C30H66O8Si4. The zero-order valence-electron chi connectivity index (χ0n) is 30.0. The third kappa shape index (κ3) is 20.3. The van der Waals surface area contributed by atoms with Crippen LogP contribution in [-0.4, -0.2) is 88.1 Å². The molecule has 0 aromatic heterocycles. The lowest BCUT2D eigenvalue weighted by Crippen LogP contribution is -2.45. The SMILES string of the molecule is CC(C)(C)[Si](C)(C)O[C@H](C=O)CC(=O)OCC[Si](C)(C)C.CC(C)(C)[Si](C)(C)O[C@H](CO)CC(=O)OCC[Si](C)(C)C. The molecule has 0 rings (SSSR count). The number of aliphatic hydroxyl groups excluding tert-OH is 1. The molecule has 0 unspecified atom stereocenters. The van der Waals surface area contributed by atoms with E-state index in [9.17, 15) is 19.5 Å². The van der Waals surface area contributed by atoms with E-state index in [1.165, 1.54) is 0 Å². The van der Waals surface area contributed by atoms with Crippen molar-refractivity contribution in [2.45, 2.75) is 154 Å². The second kappa shape index (κ2) is 17.7. The average Bonchev–Trinajstić information content (AvgIpc) is 2.74. The van der Waals surface area contributed by atoms with E-state index in [4.69, 9.17) is 18.3 Å². The molecule has 0 aliphatic rings. The minimum Gasteiger partial charge on any atom is -0.466 e. The van der Waals surface area contributed by atoms with Crippen LogP contribution in [0.15, 0.2) is 0 Å². The molecule has 12 heteroatoms. The lowest BCUT2D eigenvalue weighted by atomic mass is 10.2. The van der Waals surface area contributed by atoms with E-state index >= 15 is 0 Å². The minimum atomic E-state index is -2.05. The Balaban J connectivity index is 0. The van der Waals surface area contributed by atoms with Crippen molar-refractivity contribution in [2.75, 3.05) is 19.8 Å². The molecule has 0 saturated carbocycles. The maximum atomic E-state index is 11.9. The van der Waals surface area contributed by atoms with Crippen molar-refractivity contribution in [3.8, 4) is 0 Å². The zero-order valence-corrected chi connectivity index (χ0v) is 34.0. The van der Waals surface area contributed by atoms with Crippen molar-refractivity contribution in [1.82, 2.24) is 0 Å². The molecule has 1 N–H and O–H groups in total. The zero-order chi connectivity index (χ0) is 33.8. The number of carbonyl (C=O) groups is 3. The summed E-state index contributed by atoms with van der Waals surface area (Å²) in [4.78, 5) is 34.8. The van der Waals surface area contributed by atoms with Crippen molar-refractivity contribution in [1.29, 1.82) is 0 Å². The summed E-state index contributed by atoms with van der Waals surface area (Å²) in [6, 6.07) is 1.90. The van der Waals surface area contributed by atoms with Crippen molar-refractivity contribution in [3.63, 3.8) is 0 Å². The molecule has 0 spiro atoms. The molecule has 0 aliphatic carbocycles. The predicted octanol–water partition coefficient (Wildman–Crippen LogP) is 7.49. The first-order chi connectivity index (χ1) is 18.6. The van der Waals surface area contributed by atoms with Crippen molar-refractivity contribution < 1.29 is 37.8 Å². The highest BCUT2D eigenvalue weighted by Gasteiger charge is 2.40. The molecular weight excluding hydrogens is 601 g/mol. The molecule has 8 nitrogen and oxygen atoms in total. The summed E-state index contributed by atoms with van der Waals surface area (Å²) < 4.78 is 22.5. The molecule has 0 aromatic rings. The van der Waals surface area contributed by atoms with E-state index in [1.807, 2.05) is 0 Å². The molecule has 42 heavy (non-hydrogen) atoms. The van der Waals surface area contributed by atoms with Crippen LogP contribution in [-0.2, 0) is 32.7 Å². The van der Waals surface area contributed by atoms with Gasteiger partial charge in [0.25, 0.3) is 0 Å². The standard InChI is InChI=1S/C15H34O4Si2.C15H32O4Si2/c2*1-15(2,3)21(7,8)19-13(12-16)11-14(17)18-9-10-20(4,5)6/h13,16H,9-12H2,1-8H3;12-13H,9-11H2,1-8H3/t2*13-/m00/s1. The highest BCUT2D eigenvalue weighted by atomic mass is 28.4. The van der Waals surface area contributed by atoms with Crippen molar-refractivity contribution in [2.24, 2.45) is 0 Å². The first-order valence-corrected chi connectivity index (χ1v) is 28.5. The normalized spacial score (nSPS) is 14.8. The Morgan fingerprint density at radius 1 is 0.667 bits per heavy atom. The molecule has 0 aliphatic heterocycles. The van der Waals surface area contributed by atoms with Gasteiger partial charge in [-0.3, -0.25) is 9.59 Å². The van der Waals surface area contributed by atoms with Gasteiger partial charge >= 0.3 is 11.9 Å². The maximum absolute atomic E-state index is 11.9. The predicted molar refractivity (Wildman–Crippen MR) is 185 cm³/mol. The van der Waals surface area contributed by atoms with Gasteiger partial charge in [0, 0.05) is 16.1 Å². The fourth-order valence-electron chi connectivity index (χ4n) is 2.82. The van der Waals surface area contributed by atoms with Gasteiger partial charge < -0.3 is 28.2 Å². The average molecular weight is 667 g/mol. The van der Waals surface area contributed by atoms with Crippen LogP contribution in [0, 0.1) is 0 Å². The van der Waals surface area contributed by atoms with Crippen molar-refractivity contribution in [3.05, 3.63) is 0 Å². The number of aliphatic hydroxyl groups is 1. The first kappa shape index (κ1) is 43.5.